The molecule has 3 rings (SSSR count). The SMILES string of the molecule is NC1CCC(C(=O)N2CCC(C(=O)c3ccc(Cl)cc3)CC2)C1. The second kappa shape index (κ2) is 7.02. The van der Waals surface area contributed by atoms with Crippen LogP contribution < -0.4 is 5.73 Å². The Morgan fingerprint density at radius 1 is 1.00 bits per heavy atom. The predicted octanol–water partition coefficient (Wildman–Crippen LogP) is 2.89. The Labute approximate surface area is 142 Å². The topological polar surface area (TPSA) is 63.4 Å². The van der Waals surface area contributed by atoms with Crippen molar-refractivity contribution in [1.82, 2.24) is 4.90 Å². The minimum atomic E-state index is 0.00561. The molecule has 5 heteroatoms. The van der Waals surface area contributed by atoms with Crippen molar-refractivity contribution in [1.29, 1.82) is 0 Å². The van der Waals surface area contributed by atoms with Crippen molar-refractivity contribution in [2.75, 3.05) is 13.1 Å². The summed E-state index contributed by atoms with van der Waals surface area (Å²) in [6.45, 7) is 1.35. The second-order valence-electron chi connectivity index (χ2n) is 6.74. The van der Waals surface area contributed by atoms with Crippen molar-refractivity contribution in [3.63, 3.8) is 0 Å². The van der Waals surface area contributed by atoms with Gasteiger partial charge in [0.05, 0.1) is 0 Å². The highest BCUT2D eigenvalue weighted by Crippen LogP contribution is 2.29. The first kappa shape index (κ1) is 16.5. The zero-order chi connectivity index (χ0) is 16.4. The van der Waals surface area contributed by atoms with E-state index in [9.17, 15) is 9.59 Å². The quantitative estimate of drug-likeness (QED) is 0.864. The molecule has 1 aromatic carbocycles. The summed E-state index contributed by atoms with van der Waals surface area (Å²) in [5, 5.41) is 0.636. The van der Waals surface area contributed by atoms with Crippen molar-refractivity contribution in [3.05, 3.63) is 34.9 Å². The lowest BCUT2D eigenvalue weighted by molar-refractivity contribution is -0.136. The largest absolute Gasteiger partial charge is 0.342 e. The number of nitrogens with zero attached hydrogens (tertiary/aromatic N) is 1. The summed E-state index contributed by atoms with van der Waals surface area (Å²) in [6, 6.07) is 7.23. The number of amides is 1. The average Bonchev–Trinajstić information content (AvgIpc) is 3.01. The van der Waals surface area contributed by atoms with E-state index in [-0.39, 0.29) is 29.6 Å². The lowest BCUT2D eigenvalue weighted by Gasteiger charge is -2.33. The summed E-state index contributed by atoms with van der Waals surface area (Å²) in [5.74, 6) is 0.492. The molecule has 124 valence electrons. The molecule has 0 bridgehead atoms. The third-order valence-electron chi connectivity index (χ3n) is 5.13. The predicted molar refractivity (Wildman–Crippen MR) is 90.4 cm³/mol. The molecule has 2 fully saturated rings. The van der Waals surface area contributed by atoms with Crippen LogP contribution in [0, 0.1) is 11.8 Å². The van der Waals surface area contributed by atoms with E-state index < -0.39 is 0 Å². The Kier molecular flexibility index (Phi) is 5.02. The summed E-state index contributed by atoms with van der Waals surface area (Å²) >= 11 is 5.86. The molecule has 4 nitrogen and oxygen atoms in total. The van der Waals surface area contributed by atoms with E-state index in [4.69, 9.17) is 17.3 Å². The van der Waals surface area contributed by atoms with E-state index >= 15 is 0 Å². The van der Waals surface area contributed by atoms with Crippen LogP contribution in [0.5, 0.6) is 0 Å². The highest BCUT2D eigenvalue weighted by molar-refractivity contribution is 6.30. The molecule has 2 atom stereocenters. The molecule has 1 aliphatic carbocycles. The maximum Gasteiger partial charge on any atom is 0.225 e. The monoisotopic (exact) mass is 334 g/mol. The summed E-state index contributed by atoms with van der Waals surface area (Å²) < 4.78 is 0. The van der Waals surface area contributed by atoms with Gasteiger partial charge in [0.2, 0.25) is 5.91 Å². The number of benzene rings is 1. The van der Waals surface area contributed by atoms with Crippen LogP contribution in [-0.4, -0.2) is 35.7 Å². The van der Waals surface area contributed by atoms with Crippen LogP contribution in [0.1, 0.15) is 42.5 Å². The van der Waals surface area contributed by atoms with Crippen molar-refractivity contribution < 1.29 is 9.59 Å². The van der Waals surface area contributed by atoms with E-state index in [0.29, 0.717) is 23.7 Å². The Bertz CT molecular complexity index is 579. The van der Waals surface area contributed by atoms with E-state index in [1.54, 1.807) is 24.3 Å². The van der Waals surface area contributed by atoms with Crippen molar-refractivity contribution in [2.24, 2.45) is 17.6 Å². The molecular weight excluding hydrogens is 312 g/mol. The van der Waals surface area contributed by atoms with E-state index in [1.807, 2.05) is 4.90 Å². The minimum Gasteiger partial charge on any atom is -0.342 e. The lowest BCUT2D eigenvalue weighted by Crippen LogP contribution is -2.43. The summed E-state index contributed by atoms with van der Waals surface area (Å²) in [7, 11) is 0. The van der Waals surface area contributed by atoms with Gasteiger partial charge < -0.3 is 10.6 Å². The number of carbonyl (C=O) groups excluding carboxylic acids is 2. The zero-order valence-electron chi connectivity index (χ0n) is 13.2. The van der Waals surface area contributed by atoms with Gasteiger partial charge in [0.1, 0.15) is 0 Å². The molecule has 1 heterocycles. The van der Waals surface area contributed by atoms with E-state index in [0.717, 1.165) is 32.1 Å². The highest BCUT2D eigenvalue weighted by atomic mass is 35.5. The summed E-state index contributed by atoms with van der Waals surface area (Å²) in [6.07, 6.45) is 4.14. The standard InChI is InChI=1S/C18H23ClN2O2/c19-15-4-1-12(2-5-15)17(22)13-7-9-21(10-8-13)18(23)14-3-6-16(20)11-14/h1-2,4-5,13-14,16H,3,6-11,20H2. The molecule has 2 unspecified atom stereocenters. The van der Waals surface area contributed by atoms with Gasteiger partial charge in [-0.2, -0.15) is 0 Å². The van der Waals surface area contributed by atoms with Gasteiger partial charge in [0, 0.05) is 41.6 Å². The molecule has 1 amide bonds. The third kappa shape index (κ3) is 3.75. The zero-order valence-corrected chi connectivity index (χ0v) is 14.0. The number of halogens is 1. The van der Waals surface area contributed by atoms with Gasteiger partial charge in [-0.25, -0.2) is 0 Å². The first-order valence-corrected chi connectivity index (χ1v) is 8.76. The number of nitrogens with two attached hydrogens (primary N) is 1. The van der Waals surface area contributed by atoms with Gasteiger partial charge >= 0.3 is 0 Å². The first-order valence-electron chi connectivity index (χ1n) is 8.38. The summed E-state index contributed by atoms with van der Waals surface area (Å²) in [5.41, 5.74) is 6.61. The fourth-order valence-electron chi connectivity index (χ4n) is 3.71. The highest BCUT2D eigenvalue weighted by Gasteiger charge is 2.34. The Balaban J connectivity index is 1.54. The molecule has 0 aromatic heterocycles. The Hall–Kier alpha value is -1.39. The van der Waals surface area contributed by atoms with Gasteiger partial charge in [-0.1, -0.05) is 11.6 Å². The lowest BCUT2D eigenvalue weighted by atomic mass is 9.88. The molecule has 2 N–H and O–H groups in total. The van der Waals surface area contributed by atoms with Crippen molar-refractivity contribution in [2.45, 2.75) is 38.1 Å². The number of carbonyl (C=O) groups is 2. The summed E-state index contributed by atoms with van der Waals surface area (Å²) in [4.78, 5) is 26.9. The van der Waals surface area contributed by atoms with E-state index in [2.05, 4.69) is 0 Å². The second-order valence-corrected chi connectivity index (χ2v) is 7.18. The van der Waals surface area contributed by atoms with Gasteiger partial charge in [-0.3, -0.25) is 9.59 Å². The van der Waals surface area contributed by atoms with Gasteiger partial charge in [-0.05, 0) is 56.4 Å². The van der Waals surface area contributed by atoms with Crippen LogP contribution in [0.25, 0.3) is 0 Å². The number of ketones is 1. The van der Waals surface area contributed by atoms with Crippen LogP contribution in [0.4, 0.5) is 0 Å². The minimum absolute atomic E-state index is 0.00561. The van der Waals surface area contributed by atoms with Crippen LogP contribution in [0.3, 0.4) is 0 Å². The third-order valence-corrected chi connectivity index (χ3v) is 5.38. The normalized spacial score (nSPS) is 25.6. The molecule has 1 aromatic rings. The van der Waals surface area contributed by atoms with Crippen LogP contribution in [0.15, 0.2) is 24.3 Å². The number of hydrogen-bond donors (Lipinski definition) is 1. The number of Topliss-reactive ketones (excluding diaryl/α,β-unsaturated/α-hetero) is 1. The molecule has 23 heavy (non-hydrogen) atoms. The number of likely N-dealkylation sites (tertiary alicyclic amines) is 1. The molecule has 1 saturated carbocycles. The van der Waals surface area contributed by atoms with Crippen LogP contribution >= 0.6 is 11.6 Å². The number of rotatable bonds is 3. The van der Waals surface area contributed by atoms with Crippen LogP contribution in [0.2, 0.25) is 5.02 Å². The van der Waals surface area contributed by atoms with Crippen molar-refractivity contribution in [3.8, 4) is 0 Å². The average molecular weight is 335 g/mol. The van der Waals surface area contributed by atoms with Gasteiger partial charge in [-0.15, -0.1) is 0 Å². The molecule has 0 radical (unpaired) electrons. The smallest absolute Gasteiger partial charge is 0.225 e. The molecule has 2 aliphatic rings. The fourth-order valence-corrected chi connectivity index (χ4v) is 3.84. The molecule has 1 aliphatic heterocycles. The van der Waals surface area contributed by atoms with E-state index in [1.165, 1.54) is 0 Å². The Morgan fingerprint density at radius 2 is 1.65 bits per heavy atom. The molecule has 0 spiro atoms. The maximum absolute atomic E-state index is 12.5. The maximum atomic E-state index is 12.5. The van der Waals surface area contributed by atoms with Gasteiger partial charge in [0.15, 0.2) is 5.78 Å². The molecular formula is C18H23ClN2O2. The van der Waals surface area contributed by atoms with Crippen molar-refractivity contribution >= 4 is 23.3 Å². The Morgan fingerprint density at radius 3 is 2.22 bits per heavy atom. The number of piperidine rings is 1. The fraction of sp³-hybridized carbons (Fsp3) is 0.556. The number of hydrogen-bond acceptors (Lipinski definition) is 3. The van der Waals surface area contributed by atoms with Crippen LogP contribution in [-0.2, 0) is 4.79 Å². The van der Waals surface area contributed by atoms with Gasteiger partial charge in [0.25, 0.3) is 0 Å². The molecule has 1 saturated heterocycles. The first-order chi connectivity index (χ1) is 11.0.